The van der Waals surface area contributed by atoms with Gasteiger partial charge in [0.2, 0.25) is 0 Å². The van der Waals surface area contributed by atoms with Crippen molar-refractivity contribution in [1.29, 1.82) is 0 Å². The third-order valence-corrected chi connectivity index (χ3v) is 0.992. The summed E-state index contributed by atoms with van der Waals surface area (Å²) in [6, 6.07) is 0. The number of ether oxygens (including phenoxy) is 1. The zero-order valence-electron chi connectivity index (χ0n) is 4.96. The normalized spacial score (nSPS) is 12.2. The maximum absolute atomic E-state index is 10.5. The Labute approximate surface area is 61.5 Å². The van der Waals surface area contributed by atoms with E-state index in [1.165, 1.54) is 0 Å². The van der Waals surface area contributed by atoms with Crippen molar-refractivity contribution in [2.75, 3.05) is 6.61 Å². The number of hydrogen-bond acceptors (Lipinski definition) is 3. The van der Waals surface area contributed by atoms with Gasteiger partial charge in [-0.25, -0.2) is 0 Å². The first-order valence-corrected chi connectivity index (χ1v) is 3.34. The molecular weight excluding hydrogens is 188 g/mol. The van der Waals surface area contributed by atoms with Gasteiger partial charge in [-0.2, -0.15) is 0 Å². The van der Waals surface area contributed by atoms with Crippen LogP contribution in [-0.2, 0) is 14.3 Å². The number of carbonyl (C=O) groups excluding carboxylic acids is 2. The third-order valence-electron chi connectivity index (χ3n) is 0.618. The zero-order valence-corrected chi connectivity index (χ0v) is 6.55. The molecule has 3 nitrogen and oxygen atoms in total. The van der Waals surface area contributed by atoms with E-state index in [-0.39, 0.29) is 11.4 Å². The highest BCUT2D eigenvalue weighted by Gasteiger charge is 2.08. The molecule has 52 valence electrons. The highest BCUT2D eigenvalue weighted by Crippen LogP contribution is 1.98. The first kappa shape index (κ1) is 8.62. The second-order valence-electron chi connectivity index (χ2n) is 1.41. The van der Waals surface area contributed by atoms with Crippen LogP contribution < -0.4 is 0 Å². The summed E-state index contributed by atoms with van der Waals surface area (Å²) in [6.07, 6.45) is 0.535. The van der Waals surface area contributed by atoms with Crippen molar-refractivity contribution in [2.45, 2.75) is 11.8 Å². The van der Waals surface area contributed by atoms with E-state index in [9.17, 15) is 9.59 Å². The number of carbonyl (C=O) groups is 2. The first-order valence-electron chi connectivity index (χ1n) is 2.43. The molecule has 0 aliphatic rings. The van der Waals surface area contributed by atoms with Crippen LogP contribution in [0.25, 0.3) is 0 Å². The first-order chi connectivity index (χ1) is 4.18. The Kier molecular flexibility index (Phi) is 4.30. The molecule has 0 aliphatic heterocycles. The van der Waals surface area contributed by atoms with Gasteiger partial charge < -0.3 is 4.74 Å². The van der Waals surface area contributed by atoms with Gasteiger partial charge in [-0.1, -0.05) is 15.9 Å². The molecule has 0 radical (unpaired) electrons. The highest BCUT2D eigenvalue weighted by atomic mass is 79.9. The second kappa shape index (κ2) is 4.49. The Hall–Kier alpha value is -0.380. The Morgan fingerprint density at radius 2 is 2.44 bits per heavy atom. The molecular formula is C5H7BrO3. The van der Waals surface area contributed by atoms with Gasteiger partial charge in [-0.05, 0) is 6.92 Å². The van der Waals surface area contributed by atoms with Gasteiger partial charge in [0.25, 0.3) is 0 Å². The minimum atomic E-state index is -0.415. The van der Waals surface area contributed by atoms with Crippen LogP contribution in [0.3, 0.4) is 0 Å². The molecule has 0 heterocycles. The topological polar surface area (TPSA) is 43.4 Å². The summed E-state index contributed by atoms with van der Waals surface area (Å²) < 4.78 is 4.40. The summed E-state index contributed by atoms with van der Waals surface area (Å²) >= 11 is 2.98. The van der Waals surface area contributed by atoms with Gasteiger partial charge in [0.05, 0.1) is 0 Å². The van der Waals surface area contributed by atoms with E-state index in [0.29, 0.717) is 6.29 Å². The average molecular weight is 195 g/mol. The number of aldehydes is 1. The van der Waals surface area contributed by atoms with E-state index < -0.39 is 5.97 Å². The van der Waals surface area contributed by atoms with Gasteiger partial charge >= 0.3 is 5.97 Å². The Morgan fingerprint density at radius 3 is 2.78 bits per heavy atom. The van der Waals surface area contributed by atoms with E-state index in [0.717, 1.165) is 0 Å². The molecule has 0 aromatic heterocycles. The minimum Gasteiger partial charge on any atom is -0.457 e. The maximum Gasteiger partial charge on any atom is 0.319 e. The molecule has 0 aromatic carbocycles. The van der Waals surface area contributed by atoms with E-state index in [2.05, 4.69) is 20.7 Å². The van der Waals surface area contributed by atoms with Crippen LogP contribution in [0.2, 0.25) is 0 Å². The fourth-order valence-corrected chi connectivity index (χ4v) is 0.363. The Balaban J connectivity index is 3.38. The van der Waals surface area contributed by atoms with Crippen molar-refractivity contribution >= 4 is 28.2 Å². The molecule has 0 fully saturated rings. The van der Waals surface area contributed by atoms with Crippen LogP contribution in [0.15, 0.2) is 0 Å². The lowest BCUT2D eigenvalue weighted by molar-refractivity contribution is -0.144. The highest BCUT2D eigenvalue weighted by molar-refractivity contribution is 9.10. The smallest absolute Gasteiger partial charge is 0.319 e. The Morgan fingerprint density at radius 1 is 1.89 bits per heavy atom. The molecule has 0 aromatic rings. The van der Waals surface area contributed by atoms with Crippen LogP contribution >= 0.6 is 15.9 Å². The number of esters is 1. The molecule has 1 atom stereocenters. The van der Waals surface area contributed by atoms with E-state index in [4.69, 9.17) is 0 Å². The molecule has 0 spiro atoms. The summed E-state index contributed by atoms with van der Waals surface area (Å²) in [7, 11) is 0. The van der Waals surface area contributed by atoms with E-state index in [1.807, 2.05) is 0 Å². The van der Waals surface area contributed by atoms with Gasteiger partial charge in [0.15, 0.2) is 6.29 Å². The Bertz CT molecular complexity index is 111. The molecule has 0 amide bonds. The summed E-state index contributed by atoms with van der Waals surface area (Å²) in [6.45, 7) is 1.47. The van der Waals surface area contributed by atoms with Gasteiger partial charge in [0.1, 0.15) is 11.4 Å². The molecule has 0 N–H and O–H groups in total. The van der Waals surface area contributed by atoms with Crippen LogP contribution in [0.4, 0.5) is 0 Å². The zero-order chi connectivity index (χ0) is 7.28. The van der Waals surface area contributed by atoms with Crippen LogP contribution in [0, 0.1) is 0 Å². The molecule has 1 unspecified atom stereocenters. The van der Waals surface area contributed by atoms with Crippen LogP contribution in [-0.4, -0.2) is 23.7 Å². The van der Waals surface area contributed by atoms with Crippen molar-refractivity contribution in [3.8, 4) is 0 Å². The molecule has 9 heavy (non-hydrogen) atoms. The number of halogens is 1. The lowest BCUT2D eigenvalue weighted by atomic mass is 10.5. The van der Waals surface area contributed by atoms with Gasteiger partial charge in [-0.3, -0.25) is 9.59 Å². The van der Waals surface area contributed by atoms with E-state index >= 15 is 0 Å². The van der Waals surface area contributed by atoms with Crippen LogP contribution in [0.5, 0.6) is 0 Å². The fourth-order valence-electron chi connectivity index (χ4n) is 0.231. The molecule has 0 rings (SSSR count). The number of hydrogen-bond donors (Lipinski definition) is 0. The number of rotatable bonds is 3. The van der Waals surface area contributed by atoms with Crippen molar-refractivity contribution < 1.29 is 14.3 Å². The molecule has 0 saturated heterocycles. The average Bonchev–Trinajstić information content (AvgIpc) is 1.82. The summed E-state index contributed by atoms with van der Waals surface area (Å²) in [5.41, 5.74) is 0. The van der Waals surface area contributed by atoms with Crippen molar-refractivity contribution in [1.82, 2.24) is 0 Å². The monoisotopic (exact) mass is 194 g/mol. The molecule has 0 aliphatic carbocycles. The summed E-state index contributed by atoms with van der Waals surface area (Å²) in [5.74, 6) is -0.415. The SMILES string of the molecule is CC(Br)C(=O)OCC=O. The van der Waals surface area contributed by atoms with E-state index in [1.54, 1.807) is 6.92 Å². The third kappa shape index (κ3) is 4.14. The predicted octanol–water partition coefficient (Wildman–Crippen LogP) is 0.512. The largest absolute Gasteiger partial charge is 0.457 e. The summed E-state index contributed by atoms with van der Waals surface area (Å²) in [4.78, 5) is 19.8. The fraction of sp³-hybridized carbons (Fsp3) is 0.600. The molecule has 4 heteroatoms. The lowest BCUT2D eigenvalue weighted by Crippen LogP contribution is -2.14. The number of alkyl halides is 1. The van der Waals surface area contributed by atoms with Crippen LogP contribution in [0.1, 0.15) is 6.92 Å². The quantitative estimate of drug-likeness (QED) is 0.374. The maximum atomic E-state index is 10.5. The van der Waals surface area contributed by atoms with Gasteiger partial charge in [0, 0.05) is 0 Å². The second-order valence-corrected chi connectivity index (χ2v) is 2.79. The van der Waals surface area contributed by atoms with Crippen molar-refractivity contribution in [3.63, 3.8) is 0 Å². The minimum absolute atomic E-state index is 0.158. The van der Waals surface area contributed by atoms with Crippen molar-refractivity contribution in [2.24, 2.45) is 0 Å². The molecule has 0 bridgehead atoms. The predicted molar refractivity (Wildman–Crippen MR) is 35.4 cm³/mol. The standard InChI is InChI=1S/C5H7BrO3/c1-4(6)5(8)9-3-2-7/h2,4H,3H2,1H3. The molecule has 0 saturated carbocycles. The summed E-state index contributed by atoms with van der Waals surface area (Å²) in [5, 5.41) is 0. The van der Waals surface area contributed by atoms with Crippen molar-refractivity contribution in [3.05, 3.63) is 0 Å². The van der Waals surface area contributed by atoms with Gasteiger partial charge in [-0.15, -0.1) is 0 Å². The lowest BCUT2D eigenvalue weighted by Gasteiger charge is -1.99.